The second-order valence-electron chi connectivity index (χ2n) is 10.3. The minimum atomic E-state index is -0.103. The largest absolute Gasteiger partial charge is 0.508 e. The Hall–Kier alpha value is -4.50. The summed E-state index contributed by atoms with van der Waals surface area (Å²) in [7, 11) is 0. The van der Waals surface area contributed by atoms with Gasteiger partial charge in [0.2, 0.25) is 0 Å². The van der Waals surface area contributed by atoms with Gasteiger partial charge in [0.05, 0.1) is 0 Å². The number of allylic oxidation sites excluding steroid dienone is 2. The Morgan fingerprint density at radius 3 is 1.62 bits per heavy atom. The molecule has 0 aromatic heterocycles. The fraction of sp³-hybridized carbons (Fsp3) is 0.167. The summed E-state index contributed by atoms with van der Waals surface area (Å²) >= 11 is 0. The summed E-state index contributed by atoms with van der Waals surface area (Å²) in [5.41, 5.74) is 6.39. The molecule has 0 spiro atoms. The van der Waals surface area contributed by atoms with E-state index in [9.17, 15) is 10.2 Å². The molecule has 0 aliphatic carbocycles. The van der Waals surface area contributed by atoms with Gasteiger partial charge in [-0.2, -0.15) is 0 Å². The van der Waals surface area contributed by atoms with Crippen LogP contribution in [0.15, 0.2) is 98.1 Å². The number of fused-ring (bicyclic) bond motifs is 6. The monoisotopic (exact) mass is 512 g/mol. The summed E-state index contributed by atoms with van der Waals surface area (Å²) < 4.78 is 6.60. The third-order valence-electron chi connectivity index (χ3n) is 7.92. The first kappa shape index (κ1) is 24.8. The summed E-state index contributed by atoms with van der Waals surface area (Å²) in [6, 6.07) is 24.6. The van der Waals surface area contributed by atoms with Crippen LogP contribution in [0.2, 0.25) is 0 Å². The van der Waals surface area contributed by atoms with Crippen molar-refractivity contribution in [2.75, 3.05) is 0 Å². The van der Waals surface area contributed by atoms with Gasteiger partial charge in [-0.05, 0) is 76.2 Å². The fourth-order valence-electron chi connectivity index (χ4n) is 6.17. The molecular weight excluding hydrogens is 480 g/mol. The Morgan fingerprint density at radius 1 is 0.667 bits per heavy atom. The second-order valence-corrected chi connectivity index (χ2v) is 10.3. The average molecular weight is 513 g/mol. The molecule has 0 fully saturated rings. The maximum atomic E-state index is 10.7. The maximum Gasteiger partial charge on any atom is 0.132 e. The lowest BCUT2D eigenvalue weighted by Gasteiger charge is -2.32. The van der Waals surface area contributed by atoms with E-state index in [1.165, 1.54) is 11.1 Å². The second kappa shape index (κ2) is 9.99. The topological polar surface area (TPSA) is 49.7 Å². The van der Waals surface area contributed by atoms with Gasteiger partial charge in [-0.15, -0.1) is 13.2 Å². The molecule has 39 heavy (non-hydrogen) atoms. The molecular formula is C36H32O3. The van der Waals surface area contributed by atoms with Crippen molar-refractivity contribution in [1.82, 2.24) is 0 Å². The lowest BCUT2D eigenvalue weighted by Crippen LogP contribution is -2.13. The summed E-state index contributed by atoms with van der Waals surface area (Å²) in [4.78, 5) is 0. The molecule has 0 amide bonds. The predicted molar refractivity (Wildman–Crippen MR) is 160 cm³/mol. The molecule has 0 bridgehead atoms. The van der Waals surface area contributed by atoms with E-state index >= 15 is 0 Å². The molecule has 0 saturated carbocycles. The molecule has 0 radical (unpaired) electrons. The third kappa shape index (κ3) is 4.06. The van der Waals surface area contributed by atoms with E-state index in [2.05, 4.69) is 44.3 Å². The number of aromatic hydroxyl groups is 2. The first-order chi connectivity index (χ1) is 19.0. The summed E-state index contributed by atoms with van der Waals surface area (Å²) in [5.74, 6) is 2.08. The Balaban J connectivity index is 1.69. The van der Waals surface area contributed by atoms with Crippen LogP contribution in [0.1, 0.15) is 52.6 Å². The molecule has 194 valence electrons. The van der Waals surface area contributed by atoms with Crippen LogP contribution in [0.4, 0.5) is 0 Å². The van der Waals surface area contributed by atoms with Crippen molar-refractivity contribution in [3.05, 3.63) is 131 Å². The van der Waals surface area contributed by atoms with Crippen molar-refractivity contribution in [2.45, 2.75) is 38.5 Å². The van der Waals surface area contributed by atoms with Crippen LogP contribution in [0.25, 0.3) is 21.5 Å². The molecule has 3 heteroatoms. The molecule has 1 heterocycles. The number of hydrogen-bond acceptors (Lipinski definition) is 3. The molecule has 0 unspecified atom stereocenters. The van der Waals surface area contributed by atoms with Gasteiger partial charge < -0.3 is 14.9 Å². The molecule has 5 aromatic rings. The van der Waals surface area contributed by atoms with E-state index in [0.717, 1.165) is 68.1 Å². The quantitative estimate of drug-likeness (QED) is 0.210. The van der Waals surface area contributed by atoms with Gasteiger partial charge in [-0.1, -0.05) is 74.0 Å². The van der Waals surface area contributed by atoms with Crippen LogP contribution in [0.5, 0.6) is 23.0 Å². The Labute approximate surface area is 229 Å². The number of phenolic OH excluding ortho intramolecular Hbond substituents is 2. The Kier molecular flexibility index (Phi) is 6.36. The van der Waals surface area contributed by atoms with Gasteiger partial charge in [0, 0.05) is 28.2 Å². The Bertz CT molecular complexity index is 1640. The van der Waals surface area contributed by atoms with Crippen LogP contribution in [0, 0.1) is 0 Å². The highest BCUT2D eigenvalue weighted by molar-refractivity contribution is 5.98. The average Bonchev–Trinajstić information content (AvgIpc) is 2.95. The number of benzene rings is 5. The van der Waals surface area contributed by atoms with Crippen molar-refractivity contribution in [1.29, 1.82) is 0 Å². The summed E-state index contributed by atoms with van der Waals surface area (Å²) in [6.07, 6.45) is 6.94. The van der Waals surface area contributed by atoms with E-state index in [1.54, 1.807) is 12.1 Å². The highest BCUT2D eigenvalue weighted by Crippen LogP contribution is 2.53. The van der Waals surface area contributed by atoms with Crippen molar-refractivity contribution in [3.63, 3.8) is 0 Å². The van der Waals surface area contributed by atoms with Crippen molar-refractivity contribution >= 4 is 21.5 Å². The smallest absolute Gasteiger partial charge is 0.132 e. The highest BCUT2D eigenvalue weighted by Gasteiger charge is 2.33. The zero-order valence-electron chi connectivity index (χ0n) is 22.2. The molecule has 1 aliphatic rings. The van der Waals surface area contributed by atoms with Crippen molar-refractivity contribution in [3.8, 4) is 23.0 Å². The molecule has 0 saturated heterocycles. The van der Waals surface area contributed by atoms with Gasteiger partial charge in [0.1, 0.15) is 23.0 Å². The number of ether oxygens (including phenoxy) is 1. The minimum Gasteiger partial charge on any atom is -0.508 e. The molecule has 2 N–H and O–H groups in total. The Morgan fingerprint density at radius 2 is 1.15 bits per heavy atom. The van der Waals surface area contributed by atoms with Crippen LogP contribution in [-0.2, 0) is 19.3 Å². The number of aryl methyl sites for hydroxylation is 1. The lowest BCUT2D eigenvalue weighted by atomic mass is 9.77. The lowest BCUT2D eigenvalue weighted by molar-refractivity contribution is 0.455. The number of rotatable bonds is 7. The summed E-state index contributed by atoms with van der Waals surface area (Å²) in [5, 5.41) is 25.5. The molecule has 0 atom stereocenters. The zero-order chi connectivity index (χ0) is 27.1. The van der Waals surface area contributed by atoms with E-state index in [1.807, 2.05) is 48.6 Å². The van der Waals surface area contributed by atoms with Crippen molar-refractivity contribution < 1.29 is 14.9 Å². The van der Waals surface area contributed by atoms with Crippen LogP contribution >= 0.6 is 0 Å². The van der Waals surface area contributed by atoms with Crippen LogP contribution < -0.4 is 4.74 Å². The normalized spacial score (nSPS) is 12.6. The van der Waals surface area contributed by atoms with E-state index in [0.29, 0.717) is 12.8 Å². The maximum absolute atomic E-state index is 10.7. The standard InChI is InChI=1S/C36H32O3/c1-4-7-22-10-12-23(13-11-22)34-35-28-14-18-30(37)26(8-5-2)24(28)16-20-32(35)39-33-21-17-25-27(9-6-3)31(38)19-15-29(25)36(33)34/h5-6,10-21,34,37-38H,2-4,7-9H2,1H3. The number of phenols is 2. The van der Waals surface area contributed by atoms with E-state index in [-0.39, 0.29) is 17.4 Å². The minimum absolute atomic E-state index is 0.103. The number of hydrogen-bond donors (Lipinski definition) is 2. The SMILES string of the molecule is C=CCc1c(O)ccc2c3c(ccc12)Oc1ccc2c(CC=C)c(O)ccc2c1C3c1ccc(CCC)cc1. The third-order valence-corrected chi connectivity index (χ3v) is 7.92. The first-order valence-electron chi connectivity index (χ1n) is 13.6. The predicted octanol–water partition coefficient (Wildman–Crippen LogP) is 9.10. The van der Waals surface area contributed by atoms with Gasteiger partial charge >= 0.3 is 0 Å². The first-order valence-corrected chi connectivity index (χ1v) is 13.6. The van der Waals surface area contributed by atoms with Gasteiger partial charge in [-0.25, -0.2) is 0 Å². The zero-order valence-corrected chi connectivity index (χ0v) is 22.2. The van der Waals surface area contributed by atoms with Gasteiger partial charge in [0.15, 0.2) is 0 Å². The van der Waals surface area contributed by atoms with Crippen LogP contribution in [-0.4, -0.2) is 10.2 Å². The molecule has 1 aliphatic heterocycles. The highest BCUT2D eigenvalue weighted by atomic mass is 16.5. The van der Waals surface area contributed by atoms with E-state index in [4.69, 9.17) is 4.74 Å². The van der Waals surface area contributed by atoms with Crippen molar-refractivity contribution in [2.24, 2.45) is 0 Å². The van der Waals surface area contributed by atoms with Gasteiger partial charge in [-0.3, -0.25) is 0 Å². The summed E-state index contributed by atoms with van der Waals surface area (Å²) in [6.45, 7) is 10.0. The van der Waals surface area contributed by atoms with Gasteiger partial charge in [0.25, 0.3) is 0 Å². The fourth-order valence-corrected chi connectivity index (χ4v) is 6.17. The molecule has 3 nitrogen and oxygen atoms in total. The molecule has 6 rings (SSSR count). The molecule has 5 aromatic carbocycles. The van der Waals surface area contributed by atoms with E-state index < -0.39 is 0 Å². The van der Waals surface area contributed by atoms with Crippen LogP contribution in [0.3, 0.4) is 0 Å².